The average molecular weight is 424 g/mol. The maximum atomic E-state index is 13.5. The van der Waals surface area contributed by atoms with Crippen molar-refractivity contribution in [3.05, 3.63) is 24.0 Å². The molecule has 2 fully saturated rings. The molecular weight excluding hydrogens is 397 g/mol. The molecule has 2 atom stereocenters. The third kappa shape index (κ3) is 4.85. The second-order valence-corrected chi connectivity index (χ2v) is 8.23. The number of rotatable bonds is 5. The first-order valence-corrected chi connectivity index (χ1v) is 10.4. The first kappa shape index (κ1) is 20.9. The fourth-order valence-corrected chi connectivity index (χ4v) is 4.06. The molecule has 0 bridgehead atoms. The number of anilines is 2. The van der Waals surface area contributed by atoms with E-state index in [2.05, 4.69) is 25.3 Å². The molecule has 2 aromatic heterocycles. The zero-order valence-electron chi connectivity index (χ0n) is 17.2. The number of hydrogen-bond donors (Lipinski definition) is 1. The van der Waals surface area contributed by atoms with Crippen molar-refractivity contribution in [2.75, 3.05) is 23.3 Å². The molecule has 7 nitrogen and oxygen atoms in total. The van der Waals surface area contributed by atoms with Gasteiger partial charge in [0.25, 0.3) is 5.95 Å². The lowest BCUT2D eigenvalue weighted by Gasteiger charge is -2.36. The van der Waals surface area contributed by atoms with E-state index < -0.39 is 12.6 Å². The minimum absolute atomic E-state index is 0.0481. The smallest absolute Gasteiger partial charge is 0.254 e. The van der Waals surface area contributed by atoms with Crippen molar-refractivity contribution in [2.24, 2.45) is 0 Å². The minimum atomic E-state index is -2.59. The summed E-state index contributed by atoms with van der Waals surface area (Å²) in [7, 11) is 0. The van der Waals surface area contributed by atoms with Crippen molar-refractivity contribution in [2.45, 2.75) is 70.4 Å². The van der Waals surface area contributed by atoms with Gasteiger partial charge in [0.05, 0.1) is 17.9 Å². The molecule has 0 amide bonds. The fraction of sp³-hybridized carbons (Fsp3) is 0.650. The SMILES string of the molecule is CC1CN(c2cc(NC3CCC(F)(F)CC3)nc(-n3ccc(CF)n3)n2)CC(C)O1. The van der Waals surface area contributed by atoms with Gasteiger partial charge in [-0.25, -0.2) is 17.9 Å². The standard InChI is InChI=1S/C20H27F3N6O/c1-13-11-28(12-14(2)30-13)18-9-17(24-15-3-6-20(22,23)7-4-15)25-19(26-18)29-8-5-16(10-21)27-29/h5,8-9,13-15H,3-4,6-7,10-12H2,1-2H3,(H,24,25,26). The summed E-state index contributed by atoms with van der Waals surface area (Å²) in [5.74, 6) is -1.03. The number of nitrogens with zero attached hydrogens (tertiary/aromatic N) is 5. The van der Waals surface area contributed by atoms with Gasteiger partial charge in [-0.05, 0) is 32.8 Å². The molecule has 1 aliphatic heterocycles. The van der Waals surface area contributed by atoms with E-state index in [0.717, 1.165) is 0 Å². The molecule has 2 aliphatic rings. The van der Waals surface area contributed by atoms with Crippen LogP contribution < -0.4 is 10.2 Å². The van der Waals surface area contributed by atoms with E-state index in [4.69, 9.17) is 4.74 Å². The van der Waals surface area contributed by atoms with Gasteiger partial charge < -0.3 is 15.0 Å². The monoisotopic (exact) mass is 424 g/mol. The van der Waals surface area contributed by atoms with Crippen molar-refractivity contribution >= 4 is 11.6 Å². The Balaban J connectivity index is 1.62. The largest absolute Gasteiger partial charge is 0.372 e. The molecule has 3 heterocycles. The zero-order chi connectivity index (χ0) is 21.3. The first-order chi connectivity index (χ1) is 14.3. The highest BCUT2D eigenvalue weighted by Gasteiger charge is 2.35. The van der Waals surface area contributed by atoms with Gasteiger partial charge in [0, 0.05) is 44.2 Å². The Hall–Kier alpha value is -2.36. The Labute approximate surface area is 173 Å². The molecule has 2 unspecified atom stereocenters. The zero-order valence-corrected chi connectivity index (χ0v) is 17.2. The summed E-state index contributed by atoms with van der Waals surface area (Å²) in [6, 6.07) is 3.33. The van der Waals surface area contributed by atoms with Gasteiger partial charge in [-0.3, -0.25) is 0 Å². The molecule has 4 rings (SSSR count). The lowest BCUT2D eigenvalue weighted by molar-refractivity contribution is -0.0361. The Morgan fingerprint density at radius 3 is 2.50 bits per heavy atom. The Morgan fingerprint density at radius 1 is 1.17 bits per heavy atom. The number of nitrogens with one attached hydrogen (secondary N) is 1. The highest BCUT2D eigenvalue weighted by Crippen LogP contribution is 2.34. The van der Waals surface area contributed by atoms with Crippen LogP contribution in [0.25, 0.3) is 5.95 Å². The third-order valence-corrected chi connectivity index (χ3v) is 5.50. The number of hydrogen-bond acceptors (Lipinski definition) is 6. The molecule has 1 aliphatic carbocycles. The van der Waals surface area contributed by atoms with Crippen LogP contribution in [-0.4, -0.2) is 57.0 Å². The van der Waals surface area contributed by atoms with Crippen LogP contribution in [0.15, 0.2) is 18.3 Å². The molecule has 0 spiro atoms. The molecule has 0 aromatic carbocycles. The van der Waals surface area contributed by atoms with E-state index in [-0.39, 0.29) is 31.1 Å². The van der Waals surface area contributed by atoms with E-state index >= 15 is 0 Å². The topological polar surface area (TPSA) is 68.1 Å². The van der Waals surface area contributed by atoms with Crippen LogP contribution in [-0.2, 0) is 11.4 Å². The van der Waals surface area contributed by atoms with Gasteiger partial charge in [0.1, 0.15) is 18.3 Å². The summed E-state index contributed by atoms with van der Waals surface area (Å²) in [5.41, 5.74) is 0.293. The maximum Gasteiger partial charge on any atom is 0.254 e. The van der Waals surface area contributed by atoms with Gasteiger partial charge in [-0.1, -0.05) is 0 Å². The van der Waals surface area contributed by atoms with Crippen molar-refractivity contribution in [1.82, 2.24) is 19.7 Å². The Bertz CT molecular complexity index is 856. The number of alkyl halides is 3. The van der Waals surface area contributed by atoms with Gasteiger partial charge in [-0.15, -0.1) is 0 Å². The van der Waals surface area contributed by atoms with Crippen LogP contribution in [0, 0.1) is 0 Å². The first-order valence-electron chi connectivity index (χ1n) is 10.4. The molecule has 164 valence electrons. The molecule has 1 saturated heterocycles. The van der Waals surface area contributed by atoms with Gasteiger partial charge >= 0.3 is 0 Å². The van der Waals surface area contributed by atoms with Gasteiger partial charge in [0.15, 0.2) is 0 Å². The van der Waals surface area contributed by atoms with Crippen LogP contribution in [0.5, 0.6) is 0 Å². The lowest BCUT2D eigenvalue weighted by atomic mass is 9.92. The molecular formula is C20H27F3N6O. The van der Waals surface area contributed by atoms with E-state index in [1.54, 1.807) is 12.3 Å². The molecule has 2 aromatic rings. The van der Waals surface area contributed by atoms with Crippen LogP contribution in [0.4, 0.5) is 24.8 Å². The molecule has 10 heteroatoms. The number of ether oxygens (including phenoxy) is 1. The predicted molar refractivity (Wildman–Crippen MR) is 107 cm³/mol. The fourth-order valence-electron chi connectivity index (χ4n) is 4.06. The van der Waals surface area contributed by atoms with E-state index in [0.29, 0.717) is 49.2 Å². The average Bonchev–Trinajstić information content (AvgIpc) is 3.18. The quantitative estimate of drug-likeness (QED) is 0.789. The lowest BCUT2D eigenvalue weighted by Crippen LogP contribution is -2.46. The summed E-state index contributed by atoms with van der Waals surface area (Å²) >= 11 is 0. The molecule has 0 radical (unpaired) electrons. The maximum absolute atomic E-state index is 13.5. The normalized spacial score (nSPS) is 24.8. The second-order valence-electron chi connectivity index (χ2n) is 8.23. The Kier molecular flexibility index (Phi) is 5.86. The van der Waals surface area contributed by atoms with E-state index in [9.17, 15) is 13.2 Å². The van der Waals surface area contributed by atoms with Gasteiger partial charge in [0.2, 0.25) is 5.92 Å². The van der Waals surface area contributed by atoms with Crippen LogP contribution in [0.1, 0.15) is 45.2 Å². The highest BCUT2D eigenvalue weighted by atomic mass is 19.3. The van der Waals surface area contributed by atoms with Crippen LogP contribution in [0.3, 0.4) is 0 Å². The van der Waals surface area contributed by atoms with Crippen molar-refractivity contribution < 1.29 is 17.9 Å². The predicted octanol–water partition coefficient (Wildman–Crippen LogP) is 3.74. The molecule has 30 heavy (non-hydrogen) atoms. The van der Waals surface area contributed by atoms with Crippen molar-refractivity contribution in [3.63, 3.8) is 0 Å². The molecule has 1 saturated carbocycles. The number of aromatic nitrogens is 4. The van der Waals surface area contributed by atoms with Crippen molar-refractivity contribution in [1.29, 1.82) is 0 Å². The summed E-state index contributed by atoms with van der Waals surface area (Å²) in [6.07, 6.45) is 2.20. The second kappa shape index (κ2) is 8.41. The summed E-state index contributed by atoms with van der Waals surface area (Å²) in [6.45, 7) is 4.68. The minimum Gasteiger partial charge on any atom is -0.372 e. The van der Waals surface area contributed by atoms with Crippen LogP contribution >= 0.6 is 0 Å². The third-order valence-electron chi connectivity index (χ3n) is 5.50. The van der Waals surface area contributed by atoms with Crippen molar-refractivity contribution in [3.8, 4) is 5.95 Å². The summed E-state index contributed by atoms with van der Waals surface area (Å²) in [5, 5.41) is 7.46. The molecule has 1 N–H and O–H groups in total. The highest BCUT2D eigenvalue weighted by molar-refractivity contribution is 5.52. The summed E-state index contributed by atoms with van der Waals surface area (Å²) < 4.78 is 47.2. The van der Waals surface area contributed by atoms with Gasteiger partial charge in [-0.2, -0.15) is 15.1 Å². The summed E-state index contributed by atoms with van der Waals surface area (Å²) in [4.78, 5) is 11.3. The Morgan fingerprint density at radius 2 is 1.87 bits per heavy atom. The van der Waals surface area contributed by atoms with E-state index in [1.165, 1.54) is 4.68 Å². The van der Waals surface area contributed by atoms with Crippen LogP contribution in [0.2, 0.25) is 0 Å². The number of morpholine rings is 1. The van der Waals surface area contributed by atoms with E-state index in [1.807, 2.05) is 19.9 Å². The number of halogens is 3.